The Labute approximate surface area is 138 Å². The first kappa shape index (κ1) is 14.8. The minimum Gasteiger partial charge on any atom is -0.356 e. The zero-order chi connectivity index (χ0) is 16.5. The van der Waals surface area contributed by atoms with Gasteiger partial charge in [-0.1, -0.05) is 11.2 Å². The summed E-state index contributed by atoms with van der Waals surface area (Å²) in [5.41, 5.74) is 1.80. The maximum Gasteiger partial charge on any atom is 0.272 e. The van der Waals surface area contributed by atoms with E-state index in [4.69, 9.17) is 4.52 Å². The third-order valence-electron chi connectivity index (χ3n) is 4.51. The van der Waals surface area contributed by atoms with Crippen LogP contribution in [-0.4, -0.2) is 34.0 Å². The lowest BCUT2D eigenvalue weighted by Gasteiger charge is -2.31. The average Bonchev–Trinajstić information content (AvgIpc) is 3.05. The van der Waals surface area contributed by atoms with Crippen molar-refractivity contribution in [1.29, 1.82) is 0 Å². The molecule has 0 spiro atoms. The molecule has 1 amide bonds. The van der Waals surface area contributed by atoms with Crippen molar-refractivity contribution >= 4 is 16.9 Å². The molecular weight excluding hydrogens is 309 g/mol. The van der Waals surface area contributed by atoms with Crippen molar-refractivity contribution in [2.45, 2.75) is 18.8 Å². The highest BCUT2D eigenvalue weighted by Gasteiger charge is 2.28. The van der Waals surface area contributed by atoms with Gasteiger partial charge in [-0.25, -0.2) is 4.39 Å². The number of benzene rings is 1. The van der Waals surface area contributed by atoms with E-state index in [0.29, 0.717) is 24.4 Å². The number of aromatic nitrogens is 2. The summed E-state index contributed by atoms with van der Waals surface area (Å²) in [6, 6.07) is 9.82. The summed E-state index contributed by atoms with van der Waals surface area (Å²) in [5, 5.41) is 4.98. The van der Waals surface area contributed by atoms with Crippen LogP contribution in [0.5, 0.6) is 0 Å². The molecule has 2 aromatic heterocycles. The zero-order valence-electron chi connectivity index (χ0n) is 13.0. The summed E-state index contributed by atoms with van der Waals surface area (Å²) in [5.74, 6) is -0.161. The third-order valence-corrected chi connectivity index (χ3v) is 4.51. The molecule has 5 nitrogen and oxygen atoms in total. The Bertz CT molecular complexity index is 870. The van der Waals surface area contributed by atoms with Crippen LogP contribution < -0.4 is 0 Å². The van der Waals surface area contributed by atoms with E-state index in [2.05, 4.69) is 10.1 Å². The first-order valence-corrected chi connectivity index (χ1v) is 7.97. The normalized spacial score (nSPS) is 15.8. The van der Waals surface area contributed by atoms with Gasteiger partial charge < -0.3 is 9.42 Å². The van der Waals surface area contributed by atoms with Crippen LogP contribution in [0.3, 0.4) is 0 Å². The Morgan fingerprint density at radius 3 is 2.79 bits per heavy atom. The largest absolute Gasteiger partial charge is 0.356 e. The summed E-state index contributed by atoms with van der Waals surface area (Å²) >= 11 is 0. The predicted octanol–water partition coefficient (Wildman–Crippen LogP) is 3.38. The van der Waals surface area contributed by atoms with Gasteiger partial charge in [0.2, 0.25) is 0 Å². The predicted molar refractivity (Wildman–Crippen MR) is 86.1 cm³/mol. The van der Waals surface area contributed by atoms with E-state index in [1.54, 1.807) is 24.4 Å². The molecule has 1 fully saturated rings. The fraction of sp³-hybridized carbons (Fsp3) is 0.278. The molecule has 0 unspecified atom stereocenters. The third kappa shape index (κ3) is 2.64. The Balaban J connectivity index is 1.48. The molecule has 4 rings (SSSR count). The molecule has 6 heteroatoms. The minimum absolute atomic E-state index is 0.0406. The molecule has 3 aromatic rings. The molecule has 3 heterocycles. The van der Waals surface area contributed by atoms with Crippen molar-refractivity contribution < 1.29 is 13.7 Å². The van der Waals surface area contributed by atoms with Crippen LogP contribution in [0.15, 0.2) is 47.1 Å². The van der Waals surface area contributed by atoms with Gasteiger partial charge >= 0.3 is 0 Å². The topological polar surface area (TPSA) is 59.2 Å². The highest BCUT2D eigenvalue weighted by Crippen LogP contribution is 2.33. The van der Waals surface area contributed by atoms with E-state index in [1.165, 1.54) is 12.1 Å². The number of nitrogens with zero attached hydrogens (tertiary/aromatic N) is 3. The van der Waals surface area contributed by atoms with Crippen molar-refractivity contribution in [2.75, 3.05) is 13.1 Å². The maximum atomic E-state index is 13.3. The summed E-state index contributed by atoms with van der Waals surface area (Å²) in [7, 11) is 0. The highest BCUT2D eigenvalue weighted by molar-refractivity contribution is 5.92. The summed E-state index contributed by atoms with van der Waals surface area (Å²) in [4.78, 5) is 18.4. The van der Waals surface area contributed by atoms with Crippen molar-refractivity contribution in [2.24, 2.45) is 0 Å². The van der Waals surface area contributed by atoms with Gasteiger partial charge in [-0.3, -0.25) is 9.78 Å². The van der Waals surface area contributed by atoms with E-state index in [9.17, 15) is 9.18 Å². The number of rotatable bonds is 2. The lowest BCUT2D eigenvalue weighted by Crippen LogP contribution is -2.38. The van der Waals surface area contributed by atoms with Gasteiger partial charge in [0.05, 0.1) is 5.69 Å². The smallest absolute Gasteiger partial charge is 0.272 e. The lowest BCUT2D eigenvalue weighted by molar-refractivity contribution is 0.0706. The molecule has 0 N–H and O–H groups in total. The molecule has 1 aromatic carbocycles. The zero-order valence-corrected chi connectivity index (χ0v) is 13.0. The highest BCUT2D eigenvalue weighted by atomic mass is 19.1. The fourth-order valence-corrected chi connectivity index (χ4v) is 3.23. The van der Waals surface area contributed by atoms with Gasteiger partial charge in [-0.2, -0.15) is 0 Å². The van der Waals surface area contributed by atoms with Gasteiger partial charge in [0.15, 0.2) is 5.58 Å². The van der Waals surface area contributed by atoms with E-state index >= 15 is 0 Å². The standard InChI is InChI=1S/C18H16FN3O2/c19-13-4-5-14-16(11-13)24-21-17(14)12-6-9-22(10-7-12)18(23)15-3-1-2-8-20-15/h1-5,8,11-12H,6-7,9-10H2. The van der Waals surface area contributed by atoms with Gasteiger partial charge in [-0.05, 0) is 37.1 Å². The number of halogens is 1. The van der Waals surface area contributed by atoms with Gasteiger partial charge in [-0.15, -0.1) is 0 Å². The molecule has 0 radical (unpaired) electrons. The molecule has 1 aliphatic rings. The van der Waals surface area contributed by atoms with Gasteiger partial charge in [0.25, 0.3) is 5.91 Å². The number of amides is 1. The van der Waals surface area contributed by atoms with E-state index in [-0.39, 0.29) is 17.6 Å². The number of fused-ring (bicyclic) bond motifs is 1. The van der Waals surface area contributed by atoms with Crippen molar-refractivity contribution in [3.05, 3.63) is 59.8 Å². The Morgan fingerprint density at radius 2 is 2.04 bits per heavy atom. The Kier molecular flexibility index (Phi) is 3.72. The maximum absolute atomic E-state index is 13.3. The van der Waals surface area contributed by atoms with Gasteiger partial charge in [0, 0.05) is 36.7 Å². The first-order chi connectivity index (χ1) is 11.7. The molecule has 24 heavy (non-hydrogen) atoms. The summed E-state index contributed by atoms with van der Waals surface area (Å²) < 4.78 is 18.5. The second-order valence-electron chi connectivity index (χ2n) is 5.99. The minimum atomic E-state index is -0.332. The second-order valence-corrected chi connectivity index (χ2v) is 5.99. The quantitative estimate of drug-likeness (QED) is 0.725. The molecule has 1 aliphatic heterocycles. The van der Waals surface area contributed by atoms with E-state index in [0.717, 1.165) is 23.9 Å². The number of hydrogen-bond acceptors (Lipinski definition) is 4. The number of carbonyl (C=O) groups is 1. The van der Waals surface area contributed by atoms with Crippen LogP contribution in [0.2, 0.25) is 0 Å². The molecule has 122 valence electrons. The van der Waals surface area contributed by atoms with Crippen molar-refractivity contribution in [1.82, 2.24) is 15.0 Å². The van der Waals surface area contributed by atoms with Crippen molar-refractivity contribution in [3.63, 3.8) is 0 Å². The van der Waals surface area contributed by atoms with Crippen molar-refractivity contribution in [3.8, 4) is 0 Å². The Hall–Kier alpha value is -2.76. The number of likely N-dealkylation sites (tertiary alicyclic amines) is 1. The number of carbonyl (C=O) groups excluding carboxylic acids is 1. The number of piperidine rings is 1. The Morgan fingerprint density at radius 1 is 1.21 bits per heavy atom. The number of hydrogen-bond donors (Lipinski definition) is 0. The van der Waals surface area contributed by atoms with Crippen LogP contribution in [0.25, 0.3) is 11.0 Å². The summed E-state index contributed by atoms with van der Waals surface area (Å²) in [6.07, 6.45) is 3.23. The molecule has 0 aliphatic carbocycles. The van der Waals surface area contributed by atoms with E-state index < -0.39 is 0 Å². The first-order valence-electron chi connectivity index (χ1n) is 7.97. The molecule has 1 saturated heterocycles. The fourth-order valence-electron chi connectivity index (χ4n) is 3.23. The van der Waals surface area contributed by atoms with E-state index in [1.807, 2.05) is 11.0 Å². The molecule has 0 bridgehead atoms. The lowest BCUT2D eigenvalue weighted by atomic mass is 9.91. The van der Waals surface area contributed by atoms with Crippen LogP contribution in [0.1, 0.15) is 34.9 Å². The molecular formula is C18H16FN3O2. The van der Waals surface area contributed by atoms with Crippen LogP contribution in [0.4, 0.5) is 4.39 Å². The summed E-state index contributed by atoms with van der Waals surface area (Å²) in [6.45, 7) is 1.30. The average molecular weight is 325 g/mol. The second kappa shape index (κ2) is 6.03. The SMILES string of the molecule is O=C(c1ccccn1)N1CCC(c2noc3cc(F)ccc23)CC1. The van der Waals surface area contributed by atoms with Crippen LogP contribution in [-0.2, 0) is 0 Å². The number of pyridine rings is 1. The molecule has 0 saturated carbocycles. The van der Waals surface area contributed by atoms with Gasteiger partial charge in [0.1, 0.15) is 11.5 Å². The monoisotopic (exact) mass is 325 g/mol. The molecule has 0 atom stereocenters. The van der Waals surface area contributed by atoms with Crippen LogP contribution >= 0.6 is 0 Å². The van der Waals surface area contributed by atoms with Crippen LogP contribution in [0, 0.1) is 5.82 Å².